The van der Waals surface area contributed by atoms with Crippen molar-refractivity contribution in [2.45, 2.75) is 39.7 Å². The predicted molar refractivity (Wildman–Crippen MR) is 117 cm³/mol. The number of carbonyl (C=O) groups is 1. The van der Waals surface area contributed by atoms with Crippen LogP contribution < -0.4 is 9.62 Å². The van der Waals surface area contributed by atoms with Gasteiger partial charge in [0.1, 0.15) is 6.04 Å². The van der Waals surface area contributed by atoms with Gasteiger partial charge in [-0.25, -0.2) is 8.42 Å². The molecule has 0 saturated carbocycles. The van der Waals surface area contributed by atoms with Crippen molar-refractivity contribution in [3.05, 3.63) is 57.6 Å². The second kappa shape index (κ2) is 9.16. The van der Waals surface area contributed by atoms with Gasteiger partial charge in [-0.05, 0) is 49.1 Å². The Morgan fingerprint density at radius 2 is 1.57 bits per heavy atom. The minimum atomic E-state index is -3.76. The molecule has 0 aromatic heterocycles. The van der Waals surface area contributed by atoms with Crippen LogP contribution in [0.5, 0.6) is 0 Å². The molecule has 0 radical (unpaired) electrons. The molecule has 1 amide bonds. The quantitative estimate of drug-likeness (QED) is 0.661. The Kier molecular flexibility index (Phi) is 7.37. The summed E-state index contributed by atoms with van der Waals surface area (Å²) in [5.41, 5.74) is 2.97. The number of halogens is 2. The van der Waals surface area contributed by atoms with E-state index in [0.29, 0.717) is 0 Å². The molecule has 8 heteroatoms. The van der Waals surface area contributed by atoms with Crippen LogP contribution in [-0.2, 0) is 27.7 Å². The van der Waals surface area contributed by atoms with E-state index < -0.39 is 22.0 Å². The number of benzene rings is 2. The SMILES string of the molecule is CCc1cccc(CC)c1NC(=O)C(C)N(c1cc(Cl)cc(Cl)c1)S(C)(=O)=O. The maximum Gasteiger partial charge on any atom is 0.248 e. The van der Waals surface area contributed by atoms with E-state index in [1.54, 1.807) is 0 Å². The van der Waals surface area contributed by atoms with Gasteiger partial charge in [0, 0.05) is 15.7 Å². The lowest BCUT2D eigenvalue weighted by atomic mass is 10.0. The molecule has 152 valence electrons. The van der Waals surface area contributed by atoms with Crippen LogP contribution in [-0.4, -0.2) is 26.6 Å². The van der Waals surface area contributed by atoms with Crippen molar-refractivity contribution in [2.75, 3.05) is 15.9 Å². The molecule has 1 unspecified atom stereocenters. The monoisotopic (exact) mass is 442 g/mol. The molecule has 1 atom stereocenters. The first kappa shape index (κ1) is 22.5. The maximum absolute atomic E-state index is 13.0. The molecule has 0 heterocycles. The van der Waals surface area contributed by atoms with Crippen molar-refractivity contribution in [3.63, 3.8) is 0 Å². The molecule has 2 aromatic rings. The minimum absolute atomic E-state index is 0.238. The average Bonchev–Trinajstić information content (AvgIpc) is 2.59. The highest BCUT2D eigenvalue weighted by Gasteiger charge is 2.30. The zero-order chi connectivity index (χ0) is 21.1. The van der Waals surface area contributed by atoms with Crippen molar-refractivity contribution in [1.29, 1.82) is 0 Å². The van der Waals surface area contributed by atoms with E-state index in [4.69, 9.17) is 23.2 Å². The number of aryl methyl sites for hydroxylation is 2. The molecule has 0 saturated heterocycles. The Balaban J connectivity index is 2.44. The van der Waals surface area contributed by atoms with Gasteiger partial charge in [0.2, 0.25) is 15.9 Å². The number of sulfonamides is 1. The molecule has 2 aromatic carbocycles. The summed E-state index contributed by atoms with van der Waals surface area (Å²) in [4.78, 5) is 13.0. The molecule has 2 rings (SSSR count). The van der Waals surface area contributed by atoms with Gasteiger partial charge in [0.05, 0.1) is 11.9 Å². The lowest BCUT2D eigenvalue weighted by Crippen LogP contribution is -2.45. The number of amides is 1. The molecule has 0 spiro atoms. The summed E-state index contributed by atoms with van der Waals surface area (Å²) in [7, 11) is -3.76. The van der Waals surface area contributed by atoms with Crippen molar-refractivity contribution < 1.29 is 13.2 Å². The van der Waals surface area contributed by atoms with Gasteiger partial charge < -0.3 is 5.32 Å². The molecular formula is C20H24Cl2N2O3S. The molecule has 0 fully saturated rings. The number of carbonyl (C=O) groups excluding carboxylic acids is 1. The van der Waals surface area contributed by atoms with Crippen molar-refractivity contribution in [1.82, 2.24) is 0 Å². The van der Waals surface area contributed by atoms with E-state index in [-0.39, 0.29) is 15.7 Å². The molecule has 0 aliphatic heterocycles. The first-order valence-electron chi connectivity index (χ1n) is 8.95. The fraction of sp³-hybridized carbons (Fsp3) is 0.350. The molecule has 0 bridgehead atoms. The summed E-state index contributed by atoms with van der Waals surface area (Å²) >= 11 is 12.1. The minimum Gasteiger partial charge on any atom is -0.324 e. The highest BCUT2D eigenvalue weighted by Crippen LogP contribution is 2.29. The normalized spacial score (nSPS) is 12.5. The first-order valence-corrected chi connectivity index (χ1v) is 11.6. The standard InChI is InChI=1S/C20H24Cl2N2O3S/c1-5-14-8-7-9-15(6-2)19(14)23-20(25)13(3)24(28(4,26)27)18-11-16(21)10-17(22)12-18/h7-13H,5-6H2,1-4H3,(H,23,25). The second-order valence-electron chi connectivity index (χ2n) is 6.51. The topological polar surface area (TPSA) is 66.5 Å². The van der Waals surface area contributed by atoms with E-state index in [1.807, 2.05) is 32.0 Å². The Labute approximate surface area is 176 Å². The molecule has 0 aliphatic rings. The molecule has 5 nitrogen and oxygen atoms in total. The van der Waals surface area contributed by atoms with Crippen molar-refractivity contribution >= 4 is 50.5 Å². The van der Waals surface area contributed by atoms with E-state index in [9.17, 15) is 13.2 Å². The lowest BCUT2D eigenvalue weighted by molar-refractivity contribution is -0.116. The number of hydrogen-bond acceptors (Lipinski definition) is 3. The van der Waals surface area contributed by atoms with Gasteiger partial charge in [0.25, 0.3) is 0 Å². The summed E-state index contributed by atoms with van der Waals surface area (Å²) in [6.07, 6.45) is 2.54. The van der Waals surface area contributed by atoms with Crippen LogP contribution in [0.1, 0.15) is 31.9 Å². The number of anilines is 2. The van der Waals surface area contributed by atoms with Crippen LogP contribution in [0.3, 0.4) is 0 Å². The van der Waals surface area contributed by atoms with Gasteiger partial charge in [-0.1, -0.05) is 55.2 Å². The van der Waals surface area contributed by atoms with E-state index >= 15 is 0 Å². The Hall–Kier alpha value is -1.76. The number of nitrogens with one attached hydrogen (secondary N) is 1. The summed E-state index contributed by atoms with van der Waals surface area (Å²) in [5, 5.41) is 3.49. The number of hydrogen-bond donors (Lipinski definition) is 1. The summed E-state index contributed by atoms with van der Waals surface area (Å²) in [6, 6.07) is 9.29. The van der Waals surface area contributed by atoms with Gasteiger partial charge >= 0.3 is 0 Å². The Bertz CT molecular complexity index is 935. The zero-order valence-electron chi connectivity index (χ0n) is 16.3. The van der Waals surface area contributed by atoms with Crippen LogP contribution >= 0.6 is 23.2 Å². The molecule has 1 N–H and O–H groups in total. The second-order valence-corrected chi connectivity index (χ2v) is 9.24. The van der Waals surface area contributed by atoms with Gasteiger partial charge in [-0.3, -0.25) is 9.10 Å². The number of para-hydroxylation sites is 1. The zero-order valence-corrected chi connectivity index (χ0v) is 18.6. The van der Waals surface area contributed by atoms with Crippen LogP contribution in [0.15, 0.2) is 36.4 Å². The smallest absolute Gasteiger partial charge is 0.248 e. The summed E-state index contributed by atoms with van der Waals surface area (Å²) in [6.45, 7) is 5.54. The van der Waals surface area contributed by atoms with Crippen LogP contribution in [0.4, 0.5) is 11.4 Å². The number of nitrogens with zero attached hydrogens (tertiary/aromatic N) is 1. The van der Waals surface area contributed by atoms with E-state index in [2.05, 4.69) is 5.32 Å². The van der Waals surface area contributed by atoms with Gasteiger partial charge in [0.15, 0.2) is 0 Å². The van der Waals surface area contributed by atoms with Crippen LogP contribution in [0, 0.1) is 0 Å². The summed E-state index contributed by atoms with van der Waals surface area (Å²) in [5.74, 6) is -0.433. The van der Waals surface area contributed by atoms with Crippen molar-refractivity contribution in [3.8, 4) is 0 Å². The molecular weight excluding hydrogens is 419 g/mol. The average molecular weight is 443 g/mol. The maximum atomic E-state index is 13.0. The third kappa shape index (κ3) is 5.19. The van der Waals surface area contributed by atoms with Crippen LogP contribution in [0.2, 0.25) is 10.0 Å². The highest BCUT2D eigenvalue weighted by molar-refractivity contribution is 7.92. The fourth-order valence-corrected chi connectivity index (χ4v) is 4.78. The van der Waals surface area contributed by atoms with Crippen LogP contribution in [0.25, 0.3) is 0 Å². The first-order chi connectivity index (χ1) is 13.1. The largest absolute Gasteiger partial charge is 0.324 e. The van der Waals surface area contributed by atoms with Crippen molar-refractivity contribution in [2.24, 2.45) is 0 Å². The Morgan fingerprint density at radius 3 is 2.00 bits per heavy atom. The fourth-order valence-electron chi connectivity index (χ4n) is 3.11. The third-order valence-electron chi connectivity index (χ3n) is 4.44. The van der Waals surface area contributed by atoms with E-state index in [1.165, 1.54) is 25.1 Å². The molecule has 28 heavy (non-hydrogen) atoms. The summed E-state index contributed by atoms with van der Waals surface area (Å²) < 4.78 is 25.9. The van der Waals surface area contributed by atoms with Gasteiger partial charge in [-0.15, -0.1) is 0 Å². The Morgan fingerprint density at radius 1 is 1.07 bits per heavy atom. The lowest BCUT2D eigenvalue weighted by Gasteiger charge is -2.29. The third-order valence-corrected chi connectivity index (χ3v) is 6.12. The predicted octanol–water partition coefficient (Wildman–Crippen LogP) is 4.91. The van der Waals surface area contributed by atoms with Gasteiger partial charge in [-0.2, -0.15) is 0 Å². The van der Waals surface area contributed by atoms with E-state index in [0.717, 1.165) is 40.2 Å². The number of rotatable bonds is 7. The molecule has 0 aliphatic carbocycles. The highest BCUT2D eigenvalue weighted by atomic mass is 35.5.